The van der Waals surface area contributed by atoms with Crippen LogP contribution in [-0.2, 0) is 9.47 Å². The van der Waals surface area contributed by atoms with Crippen LogP contribution < -0.4 is 0 Å². The van der Waals surface area contributed by atoms with Crippen molar-refractivity contribution in [2.24, 2.45) is 5.92 Å². The second-order valence-corrected chi connectivity index (χ2v) is 6.47. The molecule has 22 heavy (non-hydrogen) atoms. The fourth-order valence-corrected chi connectivity index (χ4v) is 3.64. The Morgan fingerprint density at radius 2 is 2.45 bits per heavy atom. The molecule has 1 spiro atoms. The molecule has 3 heterocycles. The van der Waals surface area contributed by atoms with Crippen molar-refractivity contribution in [3.8, 4) is 0 Å². The number of ether oxygens (including phenoxy) is 2. The van der Waals surface area contributed by atoms with Gasteiger partial charge in [-0.3, -0.25) is 4.79 Å². The molecule has 2 fully saturated rings. The van der Waals surface area contributed by atoms with E-state index >= 15 is 0 Å². The molecule has 0 unspecified atom stereocenters. The minimum absolute atomic E-state index is 0.00164. The van der Waals surface area contributed by atoms with Crippen molar-refractivity contribution in [2.45, 2.75) is 38.2 Å². The molecule has 1 aromatic heterocycles. The first-order valence-electron chi connectivity index (χ1n) is 7.97. The highest BCUT2D eigenvalue weighted by Gasteiger charge is 2.44. The van der Waals surface area contributed by atoms with Crippen LogP contribution in [0.15, 0.2) is 10.7 Å². The Morgan fingerprint density at radius 3 is 3.18 bits per heavy atom. The molecule has 0 N–H and O–H groups in total. The predicted molar refractivity (Wildman–Crippen MR) is 79.7 cm³/mol. The van der Waals surface area contributed by atoms with Gasteiger partial charge in [0.25, 0.3) is 5.91 Å². The minimum Gasteiger partial charge on any atom is -0.385 e. The van der Waals surface area contributed by atoms with Gasteiger partial charge < -0.3 is 18.9 Å². The van der Waals surface area contributed by atoms with Crippen LogP contribution in [0.4, 0.5) is 0 Å². The first-order chi connectivity index (χ1) is 10.6. The van der Waals surface area contributed by atoms with Crippen molar-refractivity contribution in [1.29, 1.82) is 0 Å². The van der Waals surface area contributed by atoms with E-state index in [0.717, 1.165) is 45.4 Å². The van der Waals surface area contributed by atoms with Crippen LogP contribution in [0.25, 0.3) is 0 Å². The Balaban J connectivity index is 1.65. The number of likely N-dealkylation sites (tertiary alicyclic amines) is 1. The number of hydrogen-bond donors (Lipinski definition) is 0. The number of aromatic nitrogens is 1. The summed E-state index contributed by atoms with van der Waals surface area (Å²) in [6.45, 7) is 4.76. The van der Waals surface area contributed by atoms with Crippen LogP contribution in [0.2, 0.25) is 0 Å². The lowest BCUT2D eigenvalue weighted by molar-refractivity contribution is -0.0450. The maximum absolute atomic E-state index is 12.6. The molecule has 2 aliphatic heterocycles. The summed E-state index contributed by atoms with van der Waals surface area (Å²) in [5.41, 5.74) is 0.392. The molecule has 0 radical (unpaired) electrons. The molecule has 2 aliphatic rings. The number of piperidine rings is 1. The highest BCUT2D eigenvalue weighted by atomic mass is 16.5. The van der Waals surface area contributed by atoms with E-state index in [1.165, 1.54) is 6.20 Å². The van der Waals surface area contributed by atoms with Gasteiger partial charge in [-0.2, -0.15) is 0 Å². The number of rotatable bonds is 4. The van der Waals surface area contributed by atoms with E-state index in [4.69, 9.17) is 14.0 Å². The topological polar surface area (TPSA) is 64.8 Å². The second-order valence-electron chi connectivity index (χ2n) is 6.47. The van der Waals surface area contributed by atoms with Gasteiger partial charge in [-0.25, -0.2) is 0 Å². The van der Waals surface area contributed by atoms with Crippen LogP contribution in [0, 0.1) is 12.8 Å². The number of amides is 1. The van der Waals surface area contributed by atoms with Gasteiger partial charge in [0, 0.05) is 26.8 Å². The molecule has 0 saturated carbocycles. The summed E-state index contributed by atoms with van der Waals surface area (Å²) in [5.74, 6) is 1.11. The molecule has 6 heteroatoms. The lowest BCUT2D eigenvalue weighted by Crippen LogP contribution is -2.50. The van der Waals surface area contributed by atoms with Crippen LogP contribution in [0.1, 0.15) is 41.8 Å². The van der Waals surface area contributed by atoms with Crippen LogP contribution in [0.3, 0.4) is 0 Å². The lowest BCUT2D eigenvalue weighted by Gasteiger charge is -2.39. The third-order valence-electron chi connectivity index (χ3n) is 4.82. The highest BCUT2D eigenvalue weighted by Crippen LogP contribution is 2.39. The van der Waals surface area contributed by atoms with Gasteiger partial charge in [0.05, 0.1) is 18.4 Å². The molecule has 2 saturated heterocycles. The van der Waals surface area contributed by atoms with E-state index in [9.17, 15) is 4.79 Å². The Labute approximate surface area is 130 Å². The number of aryl methyl sites for hydroxylation is 1. The maximum atomic E-state index is 12.6. The SMILES string of the molecule is COCC[C@H]1CO[C@]2(CCCN(C(=O)c3cnoc3C)C2)C1. The average molecular weight is 308 g/mol. The van der Waals surface area contributed by atoms with Crippen molar-refractivity contribution in [3.05, 3.63) is 17.5 Å². The van der Waals surface area contributed by atoms with Crippen LogP contribution >= 0.6 is 0 Å². The number of methoxy groups -OCH3 is 1. The molecule has 0 bridgehead atoms. The van der Waals surface area contributed by atoms with Crippen molar-refractivity contribution in [1.82, 2.24) is 10.1 Å². The summed E-state index contributed by atoms with van der Waals surface area (Å²) in [4.78, 5) is 14.5. The summed E-state index contributed by atoms with van der Waals surface area (Å²) in [6, 6.07) is 0. The van der Waals surface area contributed by atoms with E-state index in [-0.39, 0.29) is 11.5 Å². The first kappa shape index (κ1) is 15.5. The van der Waals surface area contributed by atoms with Crippen molar-refractivity contribution in [3.63, 3.8) is 0 Å². The summed E-state index contributed by atoms with van der Waals surface area (Å²) in [5, 5.41) is 3.70. The maximum Gasteiger partial charge on any atom is 0.259 e. The molecule has 122 valence electrons. The van der Waals surface area contributed by atoms with Gasteiger partial charge in [-0.15, -0.1) is 0 Å². The summed E-state index contributed by atoms with van der Waals surface area (Å²) in [6.07, 6.45) is 5.56. The Kier molecular flexibility index (Phi) is 4.49. The molecular weight excluding hydrogens is 284 g/mol. The smallest absolute Gasteiger partial charge is 0.259 e. The van der Waals surface area contributed by atoms with Gasteiger partial charge >= 0.3 is 0 Å². The lowest BCUT2D eigenvalue weighted by atomic mass is 9.85. The highest BCUT2D eigenvalue weighted by molar-refractivity contribution is 5.94. The van der Waals surface area contributed by atoms with E-state index in [0.29, 0.717) is 23.8 Å². The standard InChI is InChI=1S/C16H24N2O4/c1-12-14(9-17-22-12)15(19)18-6-3-5-16(11-18)8-13(10-21-16)4-7-20-2/h9,13H,3-8,10-11H2,1-2H3/t13-,16-/m1/s1. The Hall–Kier alpha value is -1.40. The van der Waals surface area contributed by atoms with Crippen LogP contribution in [0.5, 0.6) is 0 Å². The Morgan fingerprint density at radius 1 is 1.59 bits per heavy atom. The van der Waals surface area contributed by atoms with Gasteiger partial charge in [-0.1, -0.05) is 5.16 Å². The monoisotopic (exact) mass is 308 g/mol. The molecule has 1 amide bonds. The van der Waals surface area contributed by atoms with Gasteiger partial charge in [0.2, 0.25) is 0 Å². The quantitative estimate of drug-likeness (QED) is 0.851. The fraction of sp³-hybridized carbons (Fsp3) is 0.750. The fourth-order valence-electron chi connectivity index (χ4n) is 3.64. The molecule has 1 aromatic rings. The zero-order chi connectivity index (χ0) is 15.6. The average Bonchev–Trinajstić information content (AvgIpc) is 3.11. The molecule has 2 atom stereocenters. The van der Waals surface area contributed by atoms with Gasteiger partial charge in [-0.05, 0) is 38.5 Å². The summed E-state index contributed by atoms with van der Waals surface area (Å²) in [7, 11) is 1.73. The van der Waals surface area contributed by atoms with E-state index in [1.807, 2.05) is 4.90 Å². The molecule has 0 aromatic carbocycles. The second kappa shape index (κ2) is 6.38. The number of hydrogen-bond acceptors (Lipinski definition) is 5. The van der Waals surface area contributed by atoms with E-state index in [2.05, 4.69) is 5.16 Å². The van der Waals surface area contributed by atoms with Crippen LogP contribution in [-0.4, -0.2) is 55.0 Å². The van der Waals surface area contributed by atoms with E-state index in [1.54, 1.807) is 14.0 Å². The zero-order valence-corrected chi connectivity index (χ0v) is 13.3. The zero-order valence-electron chi connectivity index (χ0n) is 13.3. The Bertz CT molecular complexity index is 530. The summed E-state index contributed by atoms with van der Waals surface area (Å²) >= 11 is 0. The first-order valence-corrected chi connectivity index (χ1v) is 7.97. The molecule has 0 aliphatic carbocycles. The van der Waals surface area contributed by atoms with Crippen molar-refractivity contribution in [2.75, 3.05) is 33.4 Å². The molecule has 3 rings (SSSR count). The number of nitrogens with zero attached hydrogens (tertiary/aromatic N) is 2. The molecular formula is C16H24N2O4. The number of carbonyl (C=O) groups is 1. The minimum atomic E-state index is -0.169. The van der Waals surface area contributed by atoms with Gasteiger partial charge in [0.15, 0.2) is 0 Å². The third-order valence-corrected chi connectivity index (χ3v) is 4.82. The predicted octanol–water partition coefficient (Wildman–Crippen LogP) is 2.03. The van der Waals surface area contributed by atoms with Gasteiger partial charge in [0.1, 0.15) is 11.3 Å². The normalized spacial score (nSPS) is 28.5. The summed E-state index contributed by atoms with van der Waals surface area (Å²) < 4.78 is 16.3. The van der Waals surface area contributed by atoms with Crippen molar-refractivity contribution >= 4 is 5.91 Å². The number of carbonyl (C=O) groups excluding carboxylic acids is 1. The van der Waals surface area contributed by atoms with Crippen molar-refractivity contribution < 1.29 is 18.8 Å². The largest absolute Gasteiger partial charge is 0.385 e. The third kappa shape index (κ3) is 3.03. The molecule has 6 nitrogen and oxygen atoms in total. The van der Waals surface area contributed by atoms with E-state index < -0.39 is 0 Å².